The summed E-state index contributed by atoms with van der Waals surface area (Å²) in [6.07, 6.45) is 16.8. The Kier molecular flexibility index (Phi) is 9.16. The van der Waals surface area contributed by atoms with Crippen LogP contribution in [-0.4, -0.2) is 21.9 Å². The highest BCUT2D eigenvalue weighted by Crippen LogP contribution is 2.67. The summed E-state index contributed by atoms with van der Waals surface area (Å²) in [5, 5.41) is 20.2. The van der Waals surface area contributed by atoms with E-state index < -0.39 is 5.60 Å². The molecule has 2 N–H and O–H groups in total. The average Bonchev–Trinajstić information content (AvgIpc) is 3.03. The van der Waals surface area contributed by atoms with Crippen LogP contribution < -0.4 is 0 Å². The molecule has 0 aromatic rings. The summed E-state index contributed by atoms with van der Waals surface area (Å²) in [6.45, 7) is 13.2. The zero-order chi connectivity index (χ0) is 22.2. The van der Waals surface area contributed by atoms with Crippen molar-refractivity contribution < 1.29 is 10.2 Å². The molecule has 7 unspecified atom stereocenters. The van der Waals surface area contributed by atoms with Gasteiger partial charge in [0.05, 0.1) is 11.7 Å². The summed E-state index contributed by atoms with van der Waals surface area (Å²) in [4.78, 5) is 0. The second-order valence-electron chi connectivity index (χ2n) is 12.5. The van der Waals surface area contributed by atoms with Gasteiger partial charge in [0, 0.05) is 0 Å². The van der Waals surface area contributed by atoms with Crippen LogP contribution in [0.25, 0.3) is 0 Å². The maximum atomic E-state index is 10.2. The lowest BCUT2D eigenvalue weighted by atomic mass is 9.44. The number of rotatable bonds is 5. The van der Waals surface area contributed by atoms with Crippen LogP contribution in [-0.2, 0) is 0 Å². The molecule has 0 amide bonds. The van der Waals surface area contributed by atoms with E-state index in [-0.39, 0.29) is 13.5 Å². The molecule has 0 aliphatic heterocycles. The number of aliphatic hydroxyl groups excluding tert-OH is 1. The van der Waals surface area contributed by atoms with Crippen molar-refractivity contribution in [1.29, 1.82) is 0 Å². The standard InChI is InChI=1S/C26H46O2.C2H6.CH4/c1-24(2,28)14-6-5-7-18-9-11-22-21-10-8-19-17-20(27)12-15-26(19,4)23(21)13-16-25(18,22)3;1-2;/h18-23,27-28H,5-17H2,1-4H3;1-2H3;1H4/t18?,19-,20?,21?,22?,23?,25?,26?;;/m0../s1. The van der Waals surface area contributed by atoms with Gasteiger partial charge < -0.3 is 10.2 Å². The largest absolute Gasteiger partial charge is 0.393 e. The van der Waals surface area contributed by atoms with Crippen LogP contribution in [0.15, 0.2) is 0 Å². The van der Waals surface area contributed by atoms with Crippen molar-refractivity contribution in [3.05, 3.63) is 0 Å². The molecule has 0 saturated heterocycles. The van der Waals surface area contributed by atoms with Crippen LogP contribution in [0.4, 0.5) is 0 Å². The minimum atomic E-state index is -0.498. The maximum Gasteiger partial charge on any atom is 0.0591 e. The van der Waals surface area contributed by atoms with Gasteiger partial charge in [-0.2, -0.15) is 0 Å². The summed E-state index contributed by atoms with van der Waals surface area (Å²) < 4.78 is 0. The van der Waals surface area contributed by atoms with Gasteiger partial charge in [-0.15, -0.1) is 0 Å². The Bertz CT molecular complexity index is 551. The minimum Gasteiger partial charge on any atom is -0.393 e. The molecule has 31 heavy (non-hydrogen) atoms. The Morgan fingerprint density at radius 2 is 1.48 bits per heavy atom. The zero-order valence-electron chi connectivity index (χ0n) is 21.1. The molecule has 4 fully saturated rings. The van der Waals surface area contributed by atoms with E-state index in [1.807, 2.05) is 27.7 Å². The Morgan fingerprint density at radius 1 is 0.839 bits per heavy atom. The number of fused-ring (bicyclic) bond motifs is 5. The molecule has 2 nitrogen and oxygen atoms in total. The Balaban J connectivity index is 0.00000111. The van der Waals surface area contributed by atoms with Crippen molar-refractivity contribution in [2.24, 2.45) is 40.4 Å². The Labute approximate surface area is 195 Å². The van der Waals surface area contributed by atoms with E-state index in [1.165, 1.54) is 64.2 Å². The fourth-order valence-corrected chi connectivity index (χ4v) is 8.77. The quantitative estimate of drug-likeness (QED) is 0.428. The van der Waals surface area contributed by atoms with Crippen molar-refractivity contribution in [2.45, 2.75) is 144 Å². The van der Waals surface area contributed by atoms with E-state index in [1.54, 1.807) is 0 Å². The van der Waals surface area contributed by atoms with Gasteiger partial charge >= 0.3 is 0 Å². The first-order valence-corrected chi connectivity index (χ1v) is 13.5. The topological polar surface area (TPSA) is 40.5 Å². The lowest BCUT2D eigenvalue weighted by molar-refractivity contribution is -0.127. The summed E-state index contributed by atoms with van der Waals surface area (Å²) >= 11 is 0. The van der Waals surface area contributed by atoms with Crippen LogP contribution in [0.3, 0.4) is 0 Å². The van der Waals surface area contributed by atoms with Crippen molar-refractivity contribution in [1.82, 2.24) is 0 Å². The highest BCUT2D eigenvalue weighted by atomic mass is 16.3. The number of hydrogen-bond donors (Lipinski definition) is 2. The average molecular weight is 437 g/mol. The van der Waals surface area contributed by atoms with E-state index in [2.05, 4.69) is 13.8 Å². The number of hydrogen-bond acceptors (Lipinski definition) is 2. The molecule has 4 saturated carbocycles. The zero-order valence-corrected chi connectivity index (χ0v) is 21.1. The summed E-state index contributed by atoms with van der Waals surface area (Å²) in [6, 6.07) is 0. The lowest BCUT2D eigenvalue weighted by Gasteiger charge is -2.61. The first-order valence-electron chi connectivity index (χ1n) is 13.5. The molecule has 0 aromatic carbocycles. The van der Waals surface area contributed by atoms with Crippen LogP contribution >= 0.6 is 0 Å². The third-order valence-electron chi connectivity index (χ3n) is 10.4. The van der Waals surface area contributed by atoms with Gasteiger partial charge in [0.2, 0.25) is 0 Å². The summed E-state index contributed by atoms with van der Waals surface area (Å²) in [5.41, 5.74) is 0.587. The third kappa shape index (κ3) is 5.37. The fraction of sp³-hybridized carbons (Fsp3) is 1.00. The number of unbranched alkanes of at least 4 members (excludes halogenated alkanes) is 1. The van der Waals surface area contributed by atoms with Gasteiger partial charge in [-0.05, 0) is 125 Å². The summed E-state index contributed by atoms with van der Waals surface area (Å²) in [5.74, 6) is 4.53. The van der Waals surface area contributed by atoms with Gasteiger partial charge in [0.1, 0.15) is 0 Å². The predicted molar refractivity (Wildman–Crippen MR) is 134 cm³/mol. The maximum absolute atomic E-state index is 10.2. The lowest BCUT2D eigenvalue weighted by Crippen LogP contribution is -2.53. The highest BCUT2D eigenvalue weighted by Gasteiger charge is 2.59. The molecule has 0 aromatic heterocycles. The second-order valence-corrected chi connectivity index (χ2v) is 12.5. The van der Waals surface area contributed by atoms with Crippen molar-refractivity contribution >= 4 is 0 Å². The number of aliphatic hydroxyl groups is 2. The van der Waals surface area contributed by atoms with Crippen molar-refractivity contribution in [3.63, 3.8) is 0 Å². The predicted octanol–water partition coefficient (Wildman–Crippen LogP) is 8.00. The van der Waals surface area contributed by atoms with Gasteiger partial charge in [-0.1, -0.05) is 48.0 Å². The van der Waals surface area contributed by atoms with Crippen LogP contribution in [0.5, 0.6) is 0 Å². The van der Waals surface area contributed by atoms with Gasteiger partial charge in [-0.3, -0.25) is 0 Å². The van der Waals surface area contributed by atoms with Crippen LogP contribution in [0.1, 0.15) is 132 Å². The van der Waals surface area contributed by atoms with E-state index >= 15 is 0 Å². The molecular formula is C29H56O2. The molecule has 2 heteroatoms. The molecule has 8 atom stereocenters. The smallest absolute Gasteiger partial charge is 0.0591 e. The third-order valence-corrected chi connectivity index (χ3v) is 10.4. The van der Waals surface area contributed by atoms with E-state index in [9.17, 15) is 10.2 Å². The minimum absolute atomic E-state index is 0. The Hall–Kier alpha value is -0.0800. The first kappa shape index (κ1) is 27.2. The van der Waals surface area contributed by atoms with E-state index in [4.69, 9.17) is 0 Å². The monoisotopic (exact) mass is 436 g/mol. The second kappa shape index (κ2) is 10.5. The molecular weight excluding hydrogens is 380 g/mol. The summed E-state index contributed by atoms with van der Waals surface area (Å²) in [7, 11) is 0. The molecule has 4 aliphatic rings. The van der Waals surface area contributed by atoms with Crippen LogP contribution in [0.2, 0.25) is 0 Å². The van der Waals surface area contributed by atoms with E-state index in [0.29, 0.717) is 10.8 Å². The molecule has 0 radical (unpaired) electrons. The molecule has 184 valence electrons. The van der Waals surface area contributed by atoms with Crippen LogP contribution in [0, 0.1) is 40.4 Å². The molecule has 0 spiro atoms. The molecule has 4 aliphatic carbocycles. The first-order chi connectivity index (χ1) is 14.1. The van der Waals surface area contributed by atoms with E-state index in [0.717, 1.165) is 48.9 Å². The van der Waals surface area contributed by atoms with Crippen molar-refractivity contribution in [2.75, 3.05) is 0 Å². The van der Waals surface area contributed by atoms with Crippen molar-refractivity contribution in [3.8, 4) is 0 Å². The fourth-order valence-electron chi connectivity index (χ4n) is 8.77. The SMILES string of the molecule is C.CC.CC(C)(O)CCCCC1CCC2C3CC[C@H]4CC(O)CCC4(C)C3CCC12C. The molecule has 0 heterocycles. The molecule has 4 rings (SSSR count). The highest BCUT2D eigenvalue weighted by molar-refractivity contribution is 5.09. The van der Waals surface area contributed by atoms with Gasteiger partial charge in [0.25, 0.3) is 0 Å². The Morgan fingerprint density at radius 3 is 2.16 bits per heavy atom. The van der Waals surface area contributed by atoms with Gasteiger partial charge in [0.15, 0.2) is 0 Å². The van der Waals surface area contributed by atoms with Gasteiger partial charge in [-0.25, -0.2) is 0 Å². The molecule has 0 bridgehead atoms. The normalized spacial score (nSPS) is 44.1.